The van der Waals surface area contributed by atoms with Crippen LogP contribution in [0.15, 0.2) is 15.7 Å². The number of aliphatic imine (C=N–C) groups is 1. The molecule has 0 spiro atoms. The first-order valence-electron chi connectivity index (χ1n) is 4.02. The number of hydrogen-bond donors (Lipinski definition) is 1. The normalized spacial score (nSPS) is 20.9. The first-order valence-corrected chi connectivity index (χ1v) is 5.01. The number of carboxylic acids is 1. The molecule has 0 aromatic carbocycles. The van der Waals surface area contributed by atoms with Crippen LogP contribution in [0.1, 0.15) is 11.6 Å². The summed E-state index contributed by atoms with van der Waals surface area (Å²) in [6, 6.07) is -0.646. The number of aryl methyl sites for hydroxylation is 1. The fourth-order valence-corrected chi connectivity index (χ4v) is 2.08. The highest BCUT2D eigenvalue weighted by atomic mass is 32.2. The van der Waals surface area contributed by atoms with E-state index in [0.29, 0.717) is 22.4 Å². The summed E-state index contributed by atoms with van der Waals surface area (Å²) in [6.45, 7) is 1.73. The molecule has 1 aliphatic heterocycles. The minimum atomic E-state index is -0.896. The molecule has 0 fully saturated rings. The lowest BCUT2D eigenvalue weighted by atomic mass is 10.3. The van der Waals surface area contributed by atoms with Gasteiger partial charge in [-0.1, -0.05) is 0 Å². The fraction of sp³-hybridized carbons (Fsp3) is 0.375. The van der Waals surface area contributed by atoms with Crippen LogP contribution in [-0.4, -0.2) is 32.9 Å². The number of aromatic nitrogens is 1. The maximum atomic E-state index is 10.6. The Morgan fingerprint density at radius 1 is 1.79 bits per heavy atom. The highest BCUT2D eigenvalue weighted by Crippen LogP contribution is 2.22. The molecule has 6 heteroatoms. The molecule has 1 aromatic heterocycles. The second-order valence-corrected chi connectivity index (χ2v) is 3.86. The number of oxazole rings is 1. The molecular weight excluding hydrogens is 204 g/mol. The van der Waals surface area contributed by atoms with Crippen molar-refractivity contribution >= 4 is 22.8 Å². The molecule has 2 heterocycles. The summed E-state index contributed by atoms with van der Waals surface area (Å²) in [5.41, 5.74) is 0.622. The Morgan fingerprint density at radius 3 is 3.07 bits per heavy atom. The Bertz CT molecular complexity index is 399. The Labute approximate surface area is 84.2 Å². The van der Waals surface area contributed by atoms with E-state index in [1.807, 2.05) is 0 Å². The van der Waals surface area contributed by atoms with E-state index in [2.05, 4.69) is 9.98 Å². The van der Waals surface area contributed by atoms with Crippen LogP contribution >= 0.6 is 11.8 Å². The smallest absolute Gasteiger partial charge is 0.329 e. The first-order chi connectivity index (χ1) is 6.66. The number of carboxylic acid groups (broad SMARTS) is 1. The lowest BCUT2D eigenvalue weighted by molar-refractivity contribution is -0.137. The number of rotatable bonds is 2. The van der Waals surface area contributed by atoms with E-state index in [9.17, 15) is 4.79 Å². The molecule has 0 saturated heterocycles. The van der Waals surface area contributed by atoms with Crippen LogP contribution in [0, 0.1) is 6.92 Å². The maximum Gasteiger partial charge on any atom is 0.329 e. The van der Waals surface area contributed by atoms with Gasteiger partial charge in [-0.2, -0.15) is 0 Å². The Hall–Kier alpha value is -1.30. The van der Waals surface area contributed by atoms with Gasteiger partial charge in [0.1, 0.15) is 17.0 Å². The van der Waals surface area contributed by atoms with E-state index < -0.39 is 12.0 Å². The minimum Gasteiger partial charge on any atom is -0.480 e. The van der Waals surface area contributed by atoms with Crippen molar-refractivity contribution in [3.8, 4) is 0 Å². The summed E-state index contributed by atoms with van der Waals surface area (Å²) in [5, 5.41) is 9.37. The second kappa shape index (κ2) is 3.45. The van der Waals surface area contributed by atoms with Gasteiger partial charge in [0.15, 0.2) is 11.9 Å². The van der Waals surface area contributed by atoms with Crippen LogP contribution in [0.3, 0.4) is 0 Å². The van der Waals surface area contributed by atoms with Crippen LogP contribution < -0.4 is 0 Å². The lowest BCUT2D eigenvalue weighted by Crippen LogP contribution is -2.17. The monoisotopic (exact) mass is 212 g/mol. The van der Waals surface area contributed by atoms with Crippen molar-refractivity contribution in [3.63, 3.8) is 0 Å². The molecule has 1 unspecified atom stereocenters. The first kappa shape index (κ1) is 9.26. The van der Waals surface area contributed by atoms with Crippen molar-refractivity contribution in [2.24, 2.45) is 4.99 Å². The van der Waals surface area contributed by atoms with Gasteiger partial charge in [-0.25, -0.2) is 9.78 Å². The molecule has 1 atom stereocenters. The zero-order chi connectivity index (χ0) is 10.1. The summed E-state index contributed by atoms with van der Waals surface area (Å²) in [4.78, 5) is 18.7. The van der Waals surface area contributed by atoms with Crippen molar-refractivity contribution < 1.29 is 14.3 Å². The summed E-state index contributed by atoms with van der Waals surface area (Å²) >= 11 is 1.39. The van der Waals surface area contributed by atoms with E-state index in [1.165, 1.54) is 18.0 Å². The molecule has 74 valence electrons. The van der Waals surface area contributed by atoms with Crippen LogP contribution in [0.4, 0.5) is 0 Å². The standard InChI is InChI=1S/C8H8N2O3S/c1-4-9-5(2-13-4)7-10-6(3-14-7)8(11)12/h2,6H,3H2,1H3,(H,11,12). The highest BCUT2D eigenvalue weighted by Gasteiger charge is 2.26. The van der Waals surface area contributed by atoms with E-state index in [4.69, 9.17) is 9.52 Å². The van der Waals surface area contributed by atoms with E-state index in [-0.39, 0.29) is 0 Å². The van der Waals surface area contributed by atoms with Crippen LogP contribution in [0.2, 0.25) is 0 Å². The molecular formula is C8H8N2O3S. The van der Waals surface area contributed by atoms with Crippen LogP contribution in [0.25, 0.3) is 0 Å². The average Bonchev–Trinajstić information content (AvgIpc) is 2.70. The summed E-state index contributed by atoms with van der Waals surface area (Å²) < 4.78 is 5.02. The van der Waals surface area contributed by atoms with Crippen molar-refractivity contribution in [1.29, 1.82) is 0 Å². The van der Waals surface area contributed by atoms with Crippen molar-refractivity contribution in [2.45, 2.75) is 13.0 Å². The number of carbonyl (C=O) groups is 1. The lowest BCUT2D eigenvalue weighted by Gasteiger charge is -1.93. The molecule has 0 radical (unpaired) electrons. The zero-order valence-electron chi connectivity index (χ0n) is 7.43. The molecule has 14 heavy (non-hydrogen) atoms. The van der Waals surface area contributed by atoms with Crippen molar-refractivity contribution in [1.82, 2.24) is 4.98 Å². The predicted molar refractivity (Wildman–Crippen MR) is 51.7 cm³/mol. The predicted octanol–water partition coefficient (Wildman–Crippen LogP) is 0.930. The van der Waals surface area contributed by atoms with Gasteiger partial charge < -0.3 is 9.52 Å². The Morgan fingerprint density at radius 2 is 2.57 bits per heavy atom. The third kappa shape index (κ3) is 1.65. The van der Waals surface area contributed by atoms with E-state index >= 15 is 0 Å². The molecule has 2 rings (SSSR count). The molecule has 1 aliphatic rings. The largest absolute Gasteiger partial charge is 0.480 e. The number of thioether (sulfide) groups is 1. The molecule has 1 N–H and O–H groups in total. The SMILES string of the molecule is Cc1nc(C2=NC(C(=O)O)CS2)co1. The van der Waals surface area contributed by atoms with Crippen LogP contribution in [0.5, 0.6) is 0 Å². The summed E-state index contributed by atoms with van der Waals surface area (Å²) in [6.07, 6.45) is 1.49. The number of aliphatic carboxylic acids is 1. The molecule has 0 aliphatic carbocycles. The van der Waals surface area contributed by atoms with E-state index in [1.54, 1.807) is 6.92 Å². The molecule has 1 aromatic rings. The third-order valence-corrected chi connectivity index (χ3v) is 2.84. The quantitative estimate of drug-likeness (QED) is 0.789. The molecule has 0 amide bonds. The van der Waals surface area contributed by atoms with Gasteiger partial charge in [-0.3, -0.25) is 4.99 Å². The van der Waals surface area contributed by atoms with Crippen molar-refractivity contribution in [3.05, 3.63) is 17.8 Å². The summed E-state index contributed by atoms with van der Waals surface area (Å²) in [7, 11) is 0. The topological polar surface area (TPSA) is 75.7 Å². The second-order valence-electron chi connectivity index (χ2n) is 2.85. The van der Waals surface area contributed by atoms with Crippen LogP contribution in [-0.2, 0) is 4.79 Å². The highest BCUT2D eigenvalue weighted by molar-refractivity contribution is 8.14. The van der Waals surface area contributed by atoms with Gasteiger partial charge in [0, 0.05) is 12.7 Å². The number of hydrogen-bond acceptors (Lipinski definition) is 5. The molecule has 5 nitrogen and oxygen atoms in total. The third-order valence-electron chi connectivity index (χ3n) is 1.77. The average molecular weight is 212 g/mol. The maximum absolute atomic E-state index is 10.6. The Balaban J connectivity index is 2.21. The Kier molecular flexibility index (Phi) is 2.28. The minimum absolute atomic E-state index is 0.469. The molecule has 0 saturated carbocycles. The van der Waals surface area contributed by atoms with Gasteiger partial charge in [-0.15, -0.1) is 11.8 Å². The van der Waals surface area contributed by atoms with Gasteiger partial charge >= 0.3 is 5.97 Å². The zero-order valence-corrected chi connectivity index (χ0v) is 8.24. The summed E-state index contributed by atoms with van der Waals surface area (Å²) in [5.74, 6) is 0.131. The van der Waals surface area contributed by atoms with Gasteiger partial charge in [0.25, 0.3) is 0 Å². The van der Waals surface area contributed by atoms with Gasteiger partial charge in [0.05, 0.1) is 0 Å². The van der Waals surface area contributed by atoms with Crippen molar-refractivity contribution in [2.75, 3.05) is 5.75 Å². The van der Waals surface area contributed by atoms with Gasteiger partial charge in [-0.05, 0) is 0 Å². The van der Waals surface area contributed by atoms with Gasteiger partial charge in [0.2, 0.25) is 0 Å². The van der Waals surface area contributed by atoms with E-state index in [0.717, 1.165) is 0 Å². The molecule has 0 bridgehead atoms. The fourth-order valence-electron chi connectivity index (χ4n) is 1.10. The number of nitrogens with zero attached hydrogens (tertiary/aromatic N) is 2.